The molecule has 3 aromatic rings. The molecule has 0 saturated heterocycles. The van der Waals surface area contributed by atoms with Crippen molar-refractivity contribution in [2.75, 3.05) is 31.0 Å². The van der Waals surface area contributed by atoms with Gasteiger partial charge in [-0.3, -0.25) is 14.6 Å². The molecule has 1 aliphatic carbocycles. The van der Waals surface area contributed by atoms with Crippen LogP contribution in [0.25, 0.3) is 11.0 Å². The van der Waals surface area contributed by atoms with Crippen molar-refractivity contribution in [1.29, 1.82) is 5.26 Å². The zero-order valence-electron chi connectivity index (χ0n) is 21.3. The standard InChI is InChI=1S/C27H30N6O4/c1-26(32(2)22-6-5-21-25(30-22)31-23(34)17-37-21)8-10-27(36-3,11-9-26)12-13-33-20-14-18(15-28)16-29-19(20)4-7-24(33)35/h4-7,14,16H,8-13,17H2,1-3H3,(H,30,31,34). The van der Waals surface area contributed by atoms with Crippen LogP contribution in [0.2, 0.25) is 0 Å². The number of nitriles is 1. The molecule has 1 fully saturated rings. The largest absolute Gasteiger partial charge is 0.480 e. The number of carbonyl (C=O) groups is 1. The second-order valence-electron chi connectivity index (χ2n) is 10.1. The number of aromatic nitrogens is 3. The lowest BCUT2D eigenvalue weighted by Crippen LogP contribution is -2.52. The van der Waals surface area contributed by atoms with Gasteiger partial charge < -0.3 is 24.3 Å². The predicted octanol–water partition coefficient (Wildman–Crippen LogP) is 3.24. The maximum atomic E-state index is 12.7. The van der Waals surface area contributed by atoms with Crippen molar-refractivity contribution in [3.63, 3.8) is 0 Å². The summed E-state index contributed by atoms with van der Waals surface area (Å²) in [5.74, 6) is 1.57. The van der Waals surface area contributed by atoms with Crippen molar-refractivity contribution in [2.24, 2.45) is 0 Å². The molecule has 1 aliphatic heterocycles. The fourth-order valence-electron chi connectivity index (χ4n) is 5.33. The first-order valence-corrected chi connectivity index (χ1v) is 12.4. The van der Waals surface area contributed by atoms with Crippen LogP contribution in [0.1, 0.15) is 44.6 Å². The lowest BCUT2D eigenvalue weighted by atomic mass is 9.72. The number of methoxy groups -OCH3 is 1. The average molecular weight is 503 g/mol. The molecule has 10 nitrogen and oxygen atoms in total. The van der Waals surface area contributed by atoms with E-state index in [2.05, 4.69) is 33.2 Å². The van der Waals surface area contributed by atoms with E-state index in [1.165, 1.54) is 12.3 Å². The van der Waals surface area contributed by atoms with Gasteiger partial charge in [0.05, 0.1) is 22.2 Å². The van der Waals surface area contributed by atoms with Crippen molar-refractivity contribution in [1.82, 2.24) is 14.5 Å². The highest BCUT2D eigenvalue weighted by molar-refractivity contribution is 5.94. The van der Waals surface area contributed by atoms with E-state index in [4.69, 9.17) is 9.47 Å². The molecule has 0 bridgehead atoms. The van der Waals surface area contributed by atoms with Gasteiger partial charge in [0.25, 0.3) is 11.5 Å². The number of ether oxygens (including phenoxy) is 2. The molecule has 1 N–H and O–H groups in total. The number of carbonyl (C=O) groups excluding carboxylic acids is 1. The van der Waals surface area contributed by atoms with Crippen LogP contribution in [0.15, 0.2) is 41.3 Å². The molecule has 2 aliphatic rings. The first-order valence-electron chi connectivity index (χ1n) is 12.4. The number of aryl methyl sites for hydroxylation is 1. The third kappa shape index (κ3) is 4.62. The minimum absolute atomic E-state index is 0.00157. The summed E-state index contributed by atoms with van der Waals surface area (Å²) in [6.07, 6.45) is 5.55. The molecule has 192 valence electrons. The van der Waals surface area contributed by atoms with Gasteiger partial charge in [0, 0.05) is 38.5 Å². The number of rotatable bonds is 6. The number of nitrogens with zero attached hydrogens (tertiary/aromatic N) is 5. The van der Waals surface area contributed by atoms with Crippen molar-refractivity contribution in [3.8, 4) is 11.8 Å². The molecule has 0 atom stereocenters. The van der Waals surface area contributed by atoms with E-state index in [1.54, 1.807) is 23.8 Å². The van der Waals surface area contributed by atoms with Gasteiger partial charge in [-0.05, 0) is 63.3 Å². The maximum absolute atomic E-state index is 12.7. The SMILES string of the molecule is COC1(CCn2c(=O)ccc3ncc(C#N)cc32)CCC(C)(N(C)c2ccc3c(n2)NC(=O)CO3)CC1. The fraction of sp³-hybridized carbons (Fsp3) is 0.444. The summed E-state index contributed by atoms with van der Waals surface area (Å²) in [5.41, 5.74) is 1.12. The van der Waals surface area contributed by atoms with Crippen LogP contribution in [0.3, 0.4) is 0 Å². The molecular formula is C27H30N6O4. The third-order valence-corrected chi connectivity index (χ3v) is 8.04. The van der Waals surface area contributed by atoms with E-state index in [0.717, 1.165) is 31.5 Å². The first-order chi connectivity index (χ1) is 17.8. The van der Waals surface area contributed by atoms with Crippen molar-refractivity contribution in [3.05, 3.63) is 52.4 Å². The molecule has 1 saturated carbocycles. The summed E-state index contributed by atoms with van der Waals surface area (Å²) in [4.78, 5) is 35.6. The lowest BCUT2D eigenvalue weighted by Gasteiger charge is -2.49. The van der Waals surface area contributed by atoms with Gasteiger partial charge in [0.1, 0.15) is 11.9 Å². The number of hydrogen-bond acceptors (Lipinski definition) is 8. The van der Waals surface area contributed by atoms with Gasteiger partial charge in [0.2, 0.25) is 0 Å². The average Bonchev–Trinajstić information content (AvgIpc) is 2.92. The van der Waals surface area contributed by atoms with Crippen LogP contribution in [-0.4, -0.2) is 52.3 Å². The van der Waals surface area contributed by atoms with Crippen LogP contribution >= 0.6 is 0 Å². The Labute approximate surface area is 214 Å². The fourth-order valence-corrected chi connectivity index (χ4v) is 5.33. The van der Waals surface area contributed by atoms with Crippen LogP contribution in [0.4, 0.5) is 11.6 Å². The Hall–Kier alpha value is -3.97. The Morgan fingerprint density at radius 1 is 1.22 bits per heavy atom. The smallest absolute Gasteiger partial charge is 0.263 e. The molecule has 4 heterocycles. The molecule has 0 radical (unpaired) electrons. The highest BCUT2D eigenvalue weighted by Gasteiger charge is 2.43. The Kier molecular flexibility index (Phi) is 6.33. The normalized spacial score (nSPS) is 23.0. The summed E-state index contributed by atoms with van der Waals surface area (Å²) in [6.45, 7) is 2.69. The van der Waals surface area contributed by atoms with E-state index >= 15 is 0 Å². The number of nitrogens with one attached hydrogen (secondary N) is 1. The zero-order chi connectivity index (χ0) is 26.2. The molecular weight excluding hydrogens is 472 g/mol. The highest BCUT2D eigenvalue weighted by atomic mass is 16.5. The van der Waals surface area contributed by atoms with Crippen LogP contribution in [0.5, 0.6) is 5.75 Å². The lowest BCUT2D eigenvalue weighted by molar-refractivity contribution is -0.118. The molecule has 1 amide bonds. The minimum Gasteiger partial charge on any atom is -0.480 e. The summed E-state index contributed by atoms with van der Waals surface area (Å²) < 4.78 is 13.2. The summed E-state index contributed by atoms with van der Waals surface area (Å²) >= 11 is 0. The summed E-state index contributed by atoms with van der Waals surface area (Å²) in [7, 11) is 3.76. The maximum Gasteiger partial charge on any atom is 0.263 e. The molecule has 0 aromatic carbocycles. The van der Waals surface area contributed by atoms with E-state index < -0.39 is 0 Å². The van der Waals surface area contributed by atoms with Crippen LogP contribution < -0.4 is 20.5 Å². The number of pyridine rings is 3. The number of anilines is 2. The monoisotopic (exact) mass is 502 g/mol. The quantitative estimate of drug-likeness (QED) is 0.545. The van der Waals surface area contributed by atoms with Crippen LogP contribution in [-0.2, 0) is 16.1 Å². The molecule has 0 spiro atoms. The zero-order valence-corrected chi connectivity index (χ0v) is 21.3. The second-order valence-corrected chi connectivity index (χ2v) is 10.1. The molecule has 0 unspecified atom stereocenters. The van der Waals surface area contributed by atoms with Gasteiger partial charge in [-0.1, -0.05) is 0 Å². The van der Waals surface area contributed by atoms with Gasteiger partial charge >= 0.3 is 0 Å². The van der Waals surface area contributed by atoms with E-state index in [0.29, 0.717) is 41.1 Å². The van der Waals surface area contributed by atoms with Gasteiger partial charge in [0.15, 0.2) is 18.2 Å². The number of amides is 1. The number of hydrogen-bond donors (Lipinski definition) is 1. The second kappa shape index (κ2) is 9.48. The third-order valence-electron chi connectivity index (χ3n) is 8.04. The Morgan fingerprint density at radius 3 is 2.73 bits per heavy atom. The van der Waals surface area contributed by atoms with Crippen molar-refractivity contribution in [2.45, 2.75) is 56.7 Å². The molecule has 3 aromatic heterocycles. The van der Waals surface area contributed by atoms with Gasteiger partial charge in [-0.15, -0.1) is 0 Å². The number of fused-ring (bicyclic) bond motifs is 2. The first kappa shape index (κ1) is 24.7. The molecule has 5 rings (SSSR count). The Morgan fingerprint density at radius 2 is 2.00 bits per heavy atom. The van der Waals surface area contributed by atoms with Crippen LogP contribution in [0, 0.1) is 11.3 Å². The topological polar surface area (TPSA) is 122 Å². The summed E-state index contributed by atoms with van der Waals surface area (Å²) in [5, 5.41) is 12.1. The summed E-state index contributed by atoms with van der Waals surface area (Å²) in [6, 6.07) is 10.8. The van der Waals surface area contributed by atoms with Gasteiger partial charge in [-0.25, -0.2) is 4.98 Å². The van der Waals surface area contributed by atoms with E-state index in [-0.39, 0.29) is 29.2 Å². The predicted molar refractivity (Wildman–Crippen MR) is 139 cm³/mol. The van der Waals surface area contributed by atoms with E-state index in [9.17, 15) is 14.9 Å². The van der Waals surface area contributed by atoms with Crippen molar-refractivity contribution >= 4 is 28.6 Å². The van der Waals surface area contributed by atoms with Gasteiger partial charge in [-0.2, -0.15) is 5.26 Å². The van der Waals surface area contributed by atoms with Crippen molar-refractivity contribution < 1.29 is 14.3 Å². The Bertz CT molecular complexity index is 1450. The minimum atomic E-state index is -0.368. The molecule has 10 heteroatoms. The Balaban J connectivity index is 1.32. The molecule has 37 heavy (non-hydrogen) atoms. The highest BCUT2D eigenvalue weighted by Crippen LogP contribution is 2.43. The van der Waals surface area contributed by atoms with E-state index in [1.807, 2.05) is 19.2 Å².